The van der Waals surface area contributed by atoms with Gasteiger partial charge in [0, 0.05) is 38.6 Å². The molecular formula is C10H11BrN4O2. The second-order valence-electron chi connectivity index (χ2n) is 3.63. The van der Waals surface area contributed by atoms with E-state index in [1.165, 1.54) is 10.8 Å². The Balaban J connectivity index is 2.20. The highest BCUT2D eigenvalue weighted by Gasteiger charge is 2.04. The predicted octanol–water partition coefficient (Wildman–Crippen LogP) is 0.275. The number of nitrogens with zero attached hydrogens (tertiary/aromatic N) is 3. The molecule has 0 atom stereocenters. The Morgan fingerprint density at radius 2 is 2.24 bits per heavy atom. The lowest BCUT2D eigenvalue weighted by atomic mass is 10.4. The molecule has 17 heavy (non-hydrogen) atoms. The maximum Gasteiger partial charge on any atom is 0.328 e. The van der Waals surface area contributed by atoms with Crippen LogP contribution >= 0.6 is 15.9 Å². The van der Waals surface area contributed by atoms with Crippen molar-refractivity contribution in [2.24, 2.45) is 7.05 Å². The van der Waals surface area contributed by atoms with Crippen LogP contribution in [-0.2, 0) is 20.0 Å². The van der Waals surface area contributed by atoms with Crippen molar-refractivity contribution in [2.75, 3.05) is 0 Å². The summed E-state index contributed by atoms with van der Waals surface area (Å²) in [6, 6.07) is 0. The number of rotatable bonds is 3. The summed E-state index contributed by atoms with van der Waals surface area (Å²) in [5.41, 5.74) is -0.823. The molecule has 1 N–H and O–H groups in total. The zero-order valence-electron chi connectivity index (χ0n) is 9.18. The first kappa shape index (κ1) is 11.8. The molecule has 0 fully saturated rings. The van der Waals surface area contributed by atoms with Gasteiger partial charge in [0.25, 0.3) is 5.56 Å². The van der Waals surface area contributed by atoms with E-state index in [0.29, 0.717) is 17.4 Å². The highest BCUT2D eigenvalue weighted by molar-refractivity contribution is 9.10. The fourth-order valence-corrected chi connectivity index (χ4v) is 1.85. The summed E-state index contributed by atoms with van der Waals surface area (Å²) in [6.07, 6.45) is 5.67. The summed E-state index contributed by atoms with van der Waals surface area (Å²) in [7, 11) is 1.90. The molecule has 0 radical (unpaired) electrons. The Morgan fingerprint density at radius 1 is 1.47 bits per heavy atom. The third-order valence-electron chi connectivity index (χ3n) is 2.46. The summed E-state index contributed by atoms with van der Waals surface area (Å²) >= 11 is 3.09. The number of hydrogen-bond donors (Lipinski definition) is 1. The zero-order valence-corrected chi connectivity index (χ0v) is 10.8. The molecule has 0 spiro atoms. The topological polar surface area (TPSA) is 72.7 Å². The van der Waals surface area contributed by atoms with Gasteiger partial charge >= 0.3 is 5.69 Å². The van der Waals surface area contributed by atoms with Crippen LogP contribution in [-0.4, -0.2) is 19.1 Å². The number of aromatic nitrogens is 4. The second-order valence-corrected chi connectivity index (χ2v) is 4.49. The fourth-order valence-electron chi connectivity index (χ4n) is 1.51. The number of nitrogens with one attached hydrogen (secondary N) is 1. The number of aromatic amines is 1. The number of hydrogen-bond acceptors (Lipinski definition) is 3. The second kappa shape index (κ2) is 4.70. The molecule has 0 unspecified atom stereocenters. The van der Waals surface area contributed by atoms with Crippen LogP contribution in [0.25, 0.3) is 0 Å². The van der Waals surface area contributed by atoms with Crippen molar-refractivity contribution in [2.45, 2.75) is 13.0 Å². The van der Waals surface area contributed by atoms with Gasteiger partial charge in [-0.25, -0.2) is 9.78 Å². The molecule has 2 rings (SSSR count). The lowest BCUT2D eigenvalue weighted by Gasteiger charge is -2.05. The predicted molar refractivity (Wildman–Crippen MR) is 65.9 cm³/mol. The molecular weight excluding hydrogens is 288 g/mol. The molecule has 0 amide bonds. The van der Waals surface area contributed by atoms with Crippen LogP contribution in [0.5, 0.6) is 0 Å². The number of imidazole rings is 1. The van der Waals surface area contributed by atoms with Crippen LogP contribution in [0.4, 0.5) is 0 Å². The van der Waals surface area contributed by atoms with Gasteiger partial charge in [0.15, 0.2) is 0 Å². The van der Waals surface area contributed by atoms with Crippen molar-refractivity contribution in [1.29, 1.82) is 0 Å². The van der Waals surface area contributed by atoms with E-state index in [2.05, 4.69) is 25.9 Å². The Labute approximate surface area is 105 Å². The number of H-pyrrole nitrogens is 1. The summed E-state index contributed by atoms with van der Waals surface area (Å²) in [6.45, 7) is 0.471. The van der Waals surface area contributed by atoms with Crippen molar-refractivity contribution in [3.05, 3.63) is 49.7 Å². The Kier molecular flexibility index (Phi) is 3.28. The number of halogens is 1. The Hall–Kier alpha value is -1.63. The van der Waals surface area contributed by atoms with Crippen LogP contribution in [0.1, 0.15) is 5.82 Å². The molecule has 0 bridgehead atoms. The van der Waals surface area contributed by atoms with Crippen molar-refractivity contribution < 1.29 is 0 Å². The van der Waals surface area contributed by atoms with Crippen LogP contribution in [0.15, 0.2) is 32.7 Å². The molecule has 90 valence electrons. The zero-order chi connectivity index (χ0) is 12.4. The smallest absolute Gasteiger partial charge is 0.328 e. The van der Waals surface area contributed by atoms with E-state index in [1.54, 1.807) is 6.20 Å². The SMILES string of the molecule is Cn1ccnc1CCn1cc(Br)c(=O)[nH]c1=O. The van der Waals surface area contributed by atoms with Gasteiger partial charge in [-0.3, -0.25) is 14.3 Å². The molecule has 2 aromatic heterocycles. The van der Waals surface area contributed by atoms with Crippen molar-refractivity contribution >= 4 is 15.9 Å². The maximum atomic E-state index is 11.5. The quantitative estimate of drug-likeness (QED) is 0.884. The van der Waals surface area contributed by atoms with Crippen molar-refractivity contribution in [1.82, 2.24) is 19.1 Å². The molecule has 0 saturated heterocycles. The monoisotopic (exact) mass is 298 g/mol. The molecule has 0 aliphatic carbocycles. The summed E-state index contributed by atoms with van der Waals surface area (Å²) in [5.74, 6) is 0.888. The van der Waals surface area contributed by atoms with Crippen molar-refractivity contribution in [3.63, 3.8) is 0 Å². The molecule has 0 aromatic carbocycles. The lowest BCUT2D eigenvalue weighted by Crippen LogP contribution is -2.30. The summed E-state index contributed by atoms with van der Waals surface area (Å²) in [5, 5.41) is 0. The van der Waals surface area contributed by atoms with Gasteiger partial charge in [-0.1, -0.05) is 0 Å². The largest absolute Gasteiger partial charge is 0.338 e. The van der Waals surface area contributed by atoms with Crippen LogP contribution < -0.4 is 11.2 Å². The van der Waals surface area contributed by atoms with Gasteiger partial charge in [0.1, 0.15) is 5.82 Å². The minimum atomic E-state index is -0.414. The van der Waals surface area contributed by atoms with E-state index in [-0.39, 0.29) is 0 Å². The minimum absolute atomic E-state index is 0.344. The van der Waals surface area contributed by atoms with Gasteiger partial charge < -0.3 is 4.57 Å². The third-order valence-corrected chi connectivity index (χ3v) is 3.03. The van der Waals surface area contributed by atoms with E-state index in [0.717, 1.165) is 5.82 Å². The normalized spacial score (nSPS) is 10.7. The molecule has 7 heteroatoms. The minimum Gasteiger partial charge on any atom is -0.338 e. The summed E-state index contributed by atoms with van der Waals surface area (Å²) in [4.78, 5) is 29.0. The Bertz CT molecular complexity index is 640. The first-order valence-corrected chi connectivity index (χ1v) is 5.82. The van der Waals surface area contributed by atoms with E-state index >= 15 is 0 Å². The highest BCUT2D eigenvalue weighted by atomic mass is 79.9. The average Bonchev–Trinajstić information content (AvgIpc) is 2.68. The molecule has 0 aliphatic heterocycles. The molecule has 0 aliphatic rings. The number of aryl methyl sites for hydroxylation is 3. The van der Waals surface area contributed by atoms with Crippen LogP contribution in [0, 0.1) is 0 Å². The molecule has 0 saturated carbocycles. The average molecular weight is 299 g/mol. The van der Waals surface area contributed by atoms with Crippen LogP contribution in [0.3, 0.4) is 0 Å². The van der Waals surface area contributed by atoms with E-state index < -0.39 is 11.2 Å². The first-order chi connectivity index (χ1) is 8.08. The van der Waals surface area contributed by atoms with Gasteiger partial charge in [-0.05, 0) is 15.9 Å². The highest BCUT2D eigenvalue weighted by Crippen LogP contribution is 2.00. The lowest BCUT2D eigenvalue weighted by molar-refractivity contribution is 0.612. The van der Waals surface area contributed by atoms with Gasteiger partial charge in [-0.15, -0.1) is 0 Å². The molecule has 2 aromatic rings. The van der Waals surface area contributed by atoms with Gasteiger partial charge in [0.2, 0.25) is 0 Å². The fraction of sp³-hybridized carbons (Fsp3) is 0.300. The van der Waals surface area contributed by atoms with E-state index in [1.807, 2.05) is 17.8 Å². The first-order valence-electron chi connectivity index (χ1n) is 5.03. The van der Waals surface area contributed by atoms with Crippen molar-refractivity contribution in [3.8, 4) is 0 Å². The standard InChI is InChI=1S/C10H11BrN4O2/c1-14-5-3-12-8(14)2-4-15-6-7(11)9(16)13-10(15)17/h3,5-6H,2,4H2,1H3,(H,13,16,17). The van der Waals surface area contributed by atoms with Gasteiger partial charge in [0.05, 0.1) is 4.47 Å². The van der Waals surface area contributed by atoms with E-state index in [9.17, 15) is 9.59 Å². The maximum absolute atomic E-state index is 11.5. The molecule has 2 heterocycles. The third kappa shape index (κ3) is 2.55. The Morgan fingerprint density at radius 3 is 2.88 bits per heavy atom. The van der Waals surface area contributed by atoms with Gasteiger partial charge in [-0.2, -0.15) is 0 Å². The molecule has 6 nitrogen and oxygen atoms in total. The van der Waals surface area contributed by atoms with Crippen LogP contribution in [0.2, 0.25) is 0 Å². The summed E-state index contributed by atoms with van der Waals surface area (Å²) < 4.78 is 3.68. The van der Waals surface area contributed by atoms with E-state index in [4.69, 9.17) is 0 Å².